The van der Waals surface area contributed by atoms with Crippen molar-refractivity contribution < 1.29 is 17.7 Å². The molecule has 1 aliphatic heterocycles. The number of nitrogens with zero attached hydrogens (tertiary/aromatic N) is 5. The maximum Gasteiger partial charge on any atom is 0.287 e. The third-order valence-electron chi connectivity index (χ3n) is 4.38. The average Bonchev–Trinajstić information content (AvgIpc) is 3.01. The Balaban J connectivity index is 1.68. The first-order valence-electron chi connectivity index (χ1n) is 8.25. The van der Waals surface area contributed by atoms with Crippen LogP contribution < -0.4 is 5.56 Å². The first kappa shape index (κ1) is 20.8. The quantitative estimate of drug-likeness (QED) is 0.673. The zero-order valence-corrected chi connectivity index (χ0v) is 17.4. The van der Waals surface area contributed by atoms with Crippen molar-refractivity contribution in [3.05, 3.63) is 38.1 Å². The predicted molar refractivity (Wildman–Crippen MR) is 99.8 cm³/mol. The number of amides is 1. The molecular weight excluding hydrogens is 433 g/mol. The Morgan fingerprint density at radius 2 is 1.86 bits per heavy atom. The summed E-state index contributed by atoms with van der Waals surface area (Å²) in [6.07, 6.45) is 1.19. The van der Waals surface area contributed by atoms with Crippen molar-refractivity contribution in [3.63, 3.8) is 0 Å². The number of aryl methyl sites for hydroxylation is 2. The Labute approximate surface area is 170 Å². The van der Waals surface area contributed by atoms with Gasteiger partial charge in [-0.3, -0.25) is 9.59 Å². The van der Waals surface area contributed by atoms with Crippen molar-refractivity contribution in [3.8, 4) is 0 Å². The van der Waals surface area contributed by atoms with Gasteiger partial charge in [0.25, 0.3) is 5.56 Å². The molecule has 1 saturated heterocycles. The number of aromatic nitrogens is 3. The van der Waals surface area contributed by atoms with Gasteiger partial charge >= 0.3 is 0 Å². The highest BCUT2D eigenvalue weighted by molar-refractivity contribution is 7.89. The Hall–Kier alpha value is -1.95. The monoisotopic (exact) mass is 449 g/mol. The second-order valence-electron chi connectivity index (χ2n) is 6.21. The highest BCUT2D eigenvalue weighted by Crippen LogP contribution is 2.24. The molecule has 0 aromatic carbocycles. The molecule has 152 valence electrons. The Bertz CT molecular complexity index is 1050. The highest BCUT2D eigenvalue weighted by Gasteiger charge is 2.34. The van der Waals surface area contributed by atoms with Gasteiger partial charge in [-0.15, -0.1) is 0 Å². The normalized spacial score (nSPS) is 15.8. The fourth-order valence-electron chi connectivity index (χ4n) is 2.94. The first-order valence-corrected chi connectivity index (χ1v) is 10.4. The molecular formula is C15H17Cl2N5O5S. The highest BCUT2D eigenvalue weighted by atomic mass is 35.5. The van der Waals surface area contributed by atoms with Gasteiger partial charge in [-0.05, 0) is 13.8 Å². The maximum atomic E-state index is 12.8. The van der Waals surface area contributed by atoms with Crippen LogP contribution in [0.2, 0.25) is 10.0 Å². The van der Waals surface area contributed by atoms with Crippen LogP contribution >= 0.6 is 23.2 Å². The van der Waals surface area contributed by atoms with Gasteiger partial charge in [-0.25, -0.2) is 13.1 Å². The van der Waals surface area contributed by atoms with Crippen LogP contribution in [0.3, 0.4) is 0 Å². The van der Waals surface area contributed by atoms with Crippen molar-refractivity contribution >= 4 is 39.1 Å². The number of halogens is 2. The molecule has 0 N–H and O–H groups in total. The fourth-order valence-corrected chi connectivity index (χ4v) is 4.92. The van der Waals surface area contributed by atoms with Crippen molar-refractivity contribution in [2.45, 2.75) is 25.3 Å². The van der Waals surface area contributed by atoms with E-state index < -0.39 is 15.6 Å². The SMILES string of the molecule is Cc1noc(C)c1S(=O)(=O)N1CCN(C(=O)Cn2ncc(Cl)c(Cl)c2=O)CC1. The zero-order chi connectivity index (χ0) is 20.6. The van der Waals surface area contributed by atoms with Gasteiger partial charge < -0.3 is 9.42 Å². The lowest BCUT2D eigenvalue weighted by Crippen LogP contribution is -2.51. The molecule has 0 spiro atoms. The van der Waals surface area contributed by atoms with E-state index in [9.17, 15) is 18.0 Å². The summed E-state index contributed by atoms with van der Waals surface area (Å²) < 4.78 is 32.8. The molecule has 10 nitrogen and oxygen atoms in total. The number of hydrogen-bond donors (Lipinski definition) is 0. The summed E-state index contributed by atoms with van der Waals surface area (Å²) in [6, 6.07) is 0. The summed E-state index contributed by atoms with van der Waals surface area (Å²) in [5.41, 5.74) is -0.372. The van der Waals surface area contributed by atoms with E-state index in [0.717, 1.165) is 4.68 Å². The molecule has 1 amide bonds. The smallest absolute Gasteiger partial charge is 0.287 e. The average molecular weight is 450 g/mol. The number of carbonyl (C=O) groups is 1. The van der Waals surface area contributed by atoms with Crippen LogP contribution in [0.15, 0.2) is 20.4 Å². The van der Waals surface area contributed by atoms with Gasteiger partial charge in [-0.2, -0.15) is 9.40 Å². The van der Waals surface area contributed by atoms with Crippen LogP contribution in [-0.4, -0.2) is 64.6 Å². The molecule has 0 atom stereocenters. The van der Waals surface area contributed by atoms with Crippen LogP contribution in [0.25, 0.3) is 0 Å². The van der Waals surface area contributed by atoms with Crippen molar-refractivity contribution in [2.24, 2.45) is 0 Å². The first-order chi connectivity index (χ1) is 13.1. The summed E-state index contributed by atoms with van der Waals surface area (Å²) in [5.74, 6) is -0.150. The Morgan fingerprint density at radius 3 is 2.43 bits per heavy atom. The van der Waals surface area contributed by atoms with Gasteiger partial charge in [0, 0.05) is 26.2 Å². The largest absolute Gasteiger partial charge is 0.360 e. The van der Waals surface area contributed by atoms with Crippen LogP contribution in [0.1, 0.15) is 11.5 Å². The number of carbonyl (C=O) groups excluding carboxylic acids is 1. The Kier molecular flexibility index (Phi) is 5.80. The zero-order valence-electron chi connectivity index (χ0n) is 15.1. The molecule has 13 heteroatoms. The second-order valence-corrected chi connectivity index (χ2v) is 8.87. The minimum Gasteiger partial charge on any atom is -0.360 e. The maximum absolute atomic E-state index is 12.8. The lowest BCUT2D eigenvalue weighted by Gasteiger charge is -2.33. The summed E-state index contributed by atoms with van der Waals surface area (Å²) >= 11 is 11.5. The molecule has 3 heterocycles. The van der Waals surface area contributed by atoms with Crippen molar-refractivity contribution in [1.82, 2.24) is 24.1 Å². The molecule has 0 unspecified atom stereocenters. The molecule has 2 aromatic heterocycles. The summed E-state index contributed by atoms with van der Waals surface area (Å²) in [6.45, 7) is 3.37. The minimum absolute atomic E-state index is 0.00788. The lowest BCUT2D eigenvalue weighted by molar-refractivity contribution is -0.133. The fraction of sp³-hybridized carbons (Fsp3) is 0.467. The number of rotatable bonds is 4. The Morgan fingerprint density at radius 1 is 1.21 bits per heavy atom. The third kappa shape index (κ3) is 3.79. The van der Waals surface area contributed by atoms with E-state index in [1.807, 2.05) is 0 Å². The number of piperazine rings is 1. The number of sulfonamides is 1. The third-order valence-corrected chi connectivity index (χ3v) is 7.28. The van der Waals surface area contributed by atoms with E-state index in [0.29, 0.717) is 5.69 Å². The van der Waals surface area contributed by atoms with Crippen LogP contribution in [0.5, 0.6) is 0 Å². The molecule has 0 saturated carbocycles. The standard InChI is InChI=1S/C15H17Cl2N5O5S/c1-9-14(10(2)27-19-9)28(25,26)21-5-3-20(4-6-21)12(23)8-22-15(24)13(17)11(16)7-18-22/h7H,3-6,8H2,1-2H3. The lowest BCUT2D eigenvalue weighted by atomic mass is 10.3. The van der Waals surface area contributed by atoms with Gasteiger partial charge in [0.2, 0.25) is 15.9 Å². The van der Waals surface area contributed by atoms with E-state index in [2.05, 4.69) is 10.3 Å². The van der Waals surface area contributed by atoms with Crippen LogP contribution in [0, 0.1) is 13.8 Å². The molecule has 3 rings (SSSR count). The molecule has 1 fully saturated rings. The number of hydrogen-bond acceptors (Lipinski definition) is 7. The van der Waals surface area contributed by atoms with Crippen molar-refractivity contribution in [1.29, 1.82) is 0 Å². The van der Waals surface area contributed by atoms with Gasteiger partial charge in [-0.1, -0.05) is 28.4 Å². The second kappa shape index (κ2) is 7.82. The van der Waals surface area contributed by atoms with Gasteiger partial charge in [0.05, 0.1) is 11.2 Å². The van der Waals surface area contributed by atoms with E-state index in [-0.39, 0.29) is 59.3 Å². The molecule has 0 aliphatic carbocycles. The summed E-state index contributed by atoms with van der Waals surface area (Å²) in [4.78, 5) is 26.0. The summed E-state index contributed by atoms with van der Waals surface area (Å²) in [5, 5.41) is 7.28. The summed E-state index contributed by atoms with van der Waals surface area (Å²) in [7, 11) is -3.77. The van der Waals surface area contributed by atoms with E-state index in [1.54, 1.807) is 6.92 Å². The molecule has 0 bridgehead atoms. The van der Waals surface area contributed by atoms with Crippen LogP contribution in [0.4, 0.5) is 0 Å². The topological polar surface area (TPSA) is 119 Å². The molecule has 2 aromatic rings. The molecule has 0 radical (unpaired) electrons. The van der Waals surface area contributed by atoms with Crippen LogP contribution in [-0.2, 0) is 21.4 Å². The van der Waals surface area contributed by atoms with Gasteiger partial charge in [0.1, 0.15) is 22.2 Å². The van der Waals surface area contributed by atoms with E-state index in [1.165, 1.54) is 22.3 Å². The minimum atomic E-state index is -3.77. The van der Waals surface area contributed by atoms with E-state index in [4.69, 9.17) is 27.7 Å². The predicted octanol–water partition coefficient (Wildman–Crippen LogP) is 0.688. The molecule has 28 heavy (non-hydrogen) atoms. The molecule has 1 aliphatic rings. The van der Waals surface area contributed by atoms with Gasteiger partial charge in [0.15, 0.2) is 5.76 Å². The van der Waals surface area contributed by atoms with Crippen molar-refractivity contribution in [2.75, 3.05) is 26.2 Å². The van der Waals surface area contributed by atoms with E-state index >= 15 is 0 Å².